The summed E-state index contributed by atoms with van der Waals surface area (Å²) in [4.78, 5) is 41.0. The van der Waals surface area contributed by atoms with Gasteiger partial charge in [0.05, 0.1) is 22.5 Å². The fourth-order valence-electron chi connectivity index (χ4n) is 4.95. The smallest absolute Gasteiger partial charge is 0.264 e. The number of halogens is 2. The van der Waals surface area contributed by atoms with Gasteiger partial charge < -0.3 is 0 Å². The van der Waals surface area contributed by atoms with Crippen LogP contribution >= 0.6 is 23.2 Å². The minimum atomic E-state index is -1.06. The number of anilines is 1. The second-order valence-corrected chi connectivity index (χ2v) is 9.93. The molecule has 3 heterocycles. The predicted octanol–water partition coefficient (Wildman–Crippen LogP) is 4.66. The third kappa shape index (κ3) is 4.13. The average molecular weight is 547 g/mol. The minimum Gasteiger partial charge on any atom is -0.271 e. The van der Waals surface area contributed by atoms with Gasteiger partial charge in [-0.2, -0.15) is 10.2 Å². The number of hydrogen-bond acceptors (Lipinski definition) is 7. The first-order valence-electron chi connectivity index (χ1n) is 11.9. The van der Waals surface area contributed by atoms with Crippen LogP contribution < -0.4 is 4.90 Å². The molecule has 9 nitrogen and oxygen atoms in total. The molecule has 3 aliphatic rings. The molecule has 0 aromatic heterocycles. The van der Waals surface area contributed by atoms with Crippen molar-refractivity contribution in [3.63, 3.8) is 0 Å². The molecule has 0 spiro atoms. The molecule has 11 heteroatoms. The number of carbonyl (C=O) groups excluding carboxylic acids is 3. The highest BCUT2D eigenvalue weighted by atomic mass is 35.5. The Morgan fingerprint density at radius 1 is 0.921 bits per heavy atom. The number of imide groups is 1. The van der Waals surface area contributed by atoms with Crippen LogP contribution in [0.4, 0.5) is 5.69 Å². The Morgan fingerprint density at radius 2 is 1.63 bits per heavy atom. The maximum atomic E-state index is 13.6. The van der Waals surface area contributed by atoms with Gasteiger partial charge in [0, 0.05) is 11.4 Å². The van der Waals surface area contributed by atoms with Crippen LogP contribution in [0, 0.1) is 0 Å². The molecule has 3 aliphatic heterocycles. The van der Waals surface area contributed by atoms with E-state index in [-0.39, 0.29) is 29.2 Å². The molecule has 1 saturated heterocycles. The van der Waals surface area contributed by atoms with Gasteiger partial charge in [-0.1, -0.05) is 89.1 Å². The van der Waals surface area contributed by atoms with Crippen molar-refractivity contribution in [3.8, 4) is 0 Å². The van der Waals surface area contributed by atoms with Gasteiger partial charge in [-0.05, 0) is 29.3 Å². The van der Waals surface area contributed by atoms with Crippen LogP contribution in [0.15, 0.2) is 94.3 Å². The second kappa shape index (κ2) is 9.66. The van der Waals surface area contributed by atoms with Crippen LogP contribution in [0.25, 0.3) is 0 Å². The molecule has 3 atom stereocenters. The number of benzene rings is 3. The van der Waals surface area contributed by atoms with Gasteiger partial charge in [-0.25, -0.2) is 9.91 Å². The fourth-order valence-corrected chi connectivity index (χ4v) is 5.44. The average Bonchev–Trinajstić information content (AvgIpc) is 3.61. The third-order valence-electron chi connectivity index (χ3n) is 6.76. The highest BCUT2D eigenvalue weighted by Gasteiger charge is 2.55. The highest BCUT2D eigenvalue weighted by Crippen LogP contribution is 2.37. The number of hydrazone groups is 1. The number of fused-ring (bicyclic) bond motifs is 1. The van der Waals surface area contributed by atoms with E-state index in [2.05, 4.69) is 15.4 Å². The Balaban J connectivity index is 1.26. The molecule has 0 saturated carbocycles. The summed E-state index contributed by atoms with van der Waals surface area (Å²) in [5.74, 6) is -1.49. The van der Waals surface area contributed by atoms with E-state index < -0.39 is 23.9 Å². The highest BCUT2D eigenvalue weighted by molar-refractivity contribution is 6.38. The van der Waals surface area contributed by atoms with E-state index in [9.17, 15) is 14.4 Å². The fraction of sp³-hybridized carbons (Fsp3) is 0.185. The lowest BCUT2D eigenvalue weighted by Crippen LogP contribution is -2.44. The topological polar surface area (TPSA) is 98.0 Å². The van der Waals surface area contributed by atoms with Gasteiger partial charge >= 0.3 is 0 Å². The van der Waals surface area contributed by atoms with E-state index in [0.717, 1.165) is 21.7 Å². The lowest BCUT2D eigenvalue weighted by molar-refractivity contribution is -0.135. The molecule has 3 aromatic rings. The molecule has 0 aliphatic carbocycles. The zero-order valence-corrected chi connectivity index (χ0v) is 21.3. The molecular formula is C27H20Cl2N6O3. The summed E-state index contributed by atoms with van der Waals surface area (Å²) in [6.07, 6.45) is 0.535. The molecule has 0 N–H and O–H groups in total. The zero-order valence-electron chi connectivity index (χ0n) is 19.8. The lowest BCUT2D eigenvalue weighted by Gasteiger charge is -2.25. The number of rotatable bonds is 5. The molecule has 0 bridgehead atoms. The number of amides is 3. The van der Waals surface area contributed by atoms with Crippen molar-refractivity contribution in [3.05, 3.63) is 100 Å². The van der Waals surface area contributed by atoms with Gasteiger partial charge in [0.1, 0.15) is 6.54 Å². The summed E-state index contributed by atoms with van der Waals surface area (Å²) >= 11 is 12.2. The van der Waals surface area contributed by atoms with Crippen LogP contribution in [0.3, 0.4) is 0 Å². The maximum Gasteiger partial charge on any atom is 0.264 e. The second-order valence-electron chi connectivity index (χ2n) is 9.08. The van der Waals surface area contributed by atoms with Crippen LogP contribution in [-0.4, -0.2) is 52.1 Å². The largest absolute Gasteiger partial charge is 0.271 e. The van der Waals surface area contributed by atoms with Crippen molar-refractivity contribution in [1.82, 2.24) is 10.0 Å². The van der Waals surface area contributed by atoms with Crippen LogP contribution in [0.1, 0.15) is 23.6 Å². The minimum absolute atomic E-state index is 0.157. The monoisotopic (exact) mass is 546 g/mol. The lowest BCUT2D eigenvalue weighted by atomic mass is 9.98. The molecule has 3 aromatic carbocycles. The third-order valence-corrected chi connectivity index (χ3v) is 7.30. The molecule has 6 rings (SSSR count). The van der Waals surface area contributed by atoms with Crippen molar-refractivity contribution < 1.29 is 14.4 Å². The predicted molar refractivity (Wildman–Crippen MR) is 142 cm³/mol. The Hall–Kier alpha value is -4.08. The Kier molecular flexibility index (Phi) is 6.17. The van der Waals surface area contributed by atoms with Crippen LogP contribution in [-0.2, 0) is 14.4 Å². The first-order valence-corrected chi connectivity index (χ1v) is 12.7. The van der Waals surface area contributed by atoms with Gasteiger partial charge in [0.25, 0.3) is 17.7 Å². The first-order chi connectivity index (χ1) is 18.4. The van der Waals surface area contributed by atoms with E-state index in [1.165, 1.54) is 22.2 Å². The van der Waals surface area contributed by atoms with E-state index in [4.69, 9.17) is 23.2 Å². The van der Waals surface area contributed by atoms with E-state index in [1.54, 1.807) is 6.07 Å². The van der Waals surface area contributed by atoms with Gasteiger partial charge in [0.2, 0.25) is 0 Å². The molecular weight excluding hydrogens is 527 g/mol. The summed E-state index contributed by atoms with van der Waals surface area (Å²) < 4.78 is 0. The number of nitrogens with zero attached hydrogens (tertiary/aromatic N) is 6. The molecule has 0 radical (unpaired) electrons. The first kappa shape index (κ1) is 24.3. The van der Waals surface area contributed by atoms with E-state index in [0.29, 0.717) is 11.4 Å². The SMILES string of the molecule is O=C1[C@H]2N=NN(CC(=O)N3N=C(c4ccccc4)C[C@H]3c3ccccc3)[C@H]2C(=O)N1c1ccc(Cl)cc1Cl. The van der Waals surface area contributed by atoms with Crippen molar-refractivity contribution in [2.24, 2.45) is 15.4 Å². The summed E-state index contributed by atoms with van der Waals surface area (Å²) in [6.45, 7) is -0.277. The molecule has 38 heavy (non-hydrogen) atoms. The van der Waals surface area contributed by atoms with Crippen molar-refractivity contribution in [1.29, 1.82) is 0 Å². The quantitative estimate of drug-likeness (QED) is 0.434. The zero-order chi connectivity index (χ0) is 26.4. The molecule has 3 amide bonds. The van der Waals surface area contributed by atoms with Gasteiger partial charge in [-0.15, -0.1) is 0 Å². The normalized spacial score (nSPS) is 22.3. The van der Waals surface area contributed by atoms with Crippen molar-refractivity contribution in [2.45, 2.75) is 24.5 Å². The number of carbonyl (C=O) groups is 3. The summed E-state index contributed by atoms with van der Waals surface area (Å²) in [5, 5.41) is 15.9. The molecule has 1 fully saturated rings. The summed E-state index contributed by atoms with van der Waals surface area (Å²) in [7, 11) is 0. The van der Waals surface area contributed by atoms with E-state index in [1.807, 2.05) is 60.7 Å². The maximum absolute atomic E-state index is 13.6. The summed E-state index contributed by atoms with van der Waals surface area (Å²) in [5.41, 5.74) is 2.86. The van der Waals surface area contributed by atoms with Crippen LogP contribution in [0.5, 0.6) is 0 Å². The molecule has 0 unspecified atom stereocenters. The van der Waals surface area contributed by atoms with Crippen LogP contribution in [0.2, 0.25) is 10.0 Å². The standard InChI is InChI=1S/C27H20Cl2N6O3/c28-18-11-12-21(19(29)13-18)34-26(37)24-25(27(34)38)33(32-30-24)15-23(36)35-22(17-9-5-2-6-10-17)14-20(31-35)16-7-3-1-4-8-16/h1-13,22,24-25H,14-15H2/t22-,24-,25+/m0/s1. The van der Waals surface area contributed by atoms with E-state index >= 15 is 0 Å². The Labute approximate surface area is 227 Å². The number of hydrogen-bond donors (Lipinski definition) is 0. The van der Waals surface area contributed by atoms with Gasteiger partial charge in [0.15, 0.2) is 12.1 Å². The Morgan fingerprint density at radius 3 is 2.34 bits per heavy atom. The molecule has 190 valence electrons. The summed E-state index contributed by atoms with van der Waals surface area (Å²) in [6, 6.07) is 21.4. The Bertz CT molecular complexity index is 1500. The van der Waals surface area contributed by atoms with Crippen molar-refractivity contribution in [2.75, 3.05) is 11.4 Å². The van der Waals surface area contributed by atoms with Crippen molar-refractivity contribution >= 4 is 52.3 Å². The van der Waals surface area contributed by atoms with Gasteiger partial charge in [-0.3, -0.25) is 19.4 Å².